The average molecular weight is 251 g/mol. The molecule has 0 saturated heterocycles. The summed E-state index contributed by atoms with van der Waals surface area (Å²) in [5.41, 5.74) is 8.14. The van der Waals surface area contributed by atoms with Gasteiger partial charge in [-0.25, -0.2) is 4.79 Å². The summed E-state index contributed by atoms with van der Waals surface area (Å²) in [6.45, 7) is 0. The molecule has 0 aromatic heterocycles. The first kappa shape index (κ1) is 12.5. The van der Waals surface area contributed by atoms with Crippen molar-refractivity contribution in [2.45, 2.75) is 0 Å². The van der Waals surface area contributed by atoms with Gasteiger partial charge in [-0.2, -0.15) is 0 Å². The number of carbonyl (C=O) groups excluding carboxylic acids is 1. The Hall–Kier alpha value is -2.93. The number of terminal acetylenes is 1. The zero-order valence-electron chi connectivity index (χ0n) is 10.2. The highest BCUT2D eigenvalue weighted by molar-refractivity contribution is 6.01. The number of amides is 2. The molecule has 2 aromatic carbocycles. The van der Waals surface area contributed by atoms with E-state index in [-0.39, 0.29) is 6.03 Å². The van der Waals surface area contributed by atoms with Gasteiger partial charge in [0.2, 0.25) is 0 Å². The lowest BCUT2D eigenvalue weighted by molar-refractivity contribution is 0.262. The molecule has 0 heterocycles. The number of urea groups is 1. The first-order chi connectivity index (χ1) is 9.19. The molecule has 0 aliphatic heterocycles. The predicted octanol–water partition coefficient (Wildman–Crippen LogP) is 2.89. The zero-order chi connectivity index (χ0) is 13.7. The third-order valence-electron chi connectivity index (χ3n) is 2.50. The molecule has 4 heteroatoms. The Morgan fingerprint density at radius 2 is 1.89 bits per heavy atom. The van der Waals surface area contributed by atoms with Crippen molar-refractivity contribution in [3.8, 4) is 12.3 Å². The molecule has 4 nitrogen and oxygen atoms in total. The Kier molecular flexibility index (Phi) is 3.70. The van der Waals surface area contributed by atoms with Crippen LogP contribution in [0.4, 0.5) is 21.9 Å². The molecule has 4 N–H and O–H groups in total. The minimum absolute atomic E-state index is 0.368. The summed E-state index contributed by atoms with van der Waals surface area (Å²) in [7, 11) is 0. The predicted molar refractivity (Wildman–Crippen MR) is 77.9 cm³/mol. The monoisotopic (exact) mass is 251 g/mol. The fourth-order valence-corrected chi connectivity index (χ4v) is 1.58. The lowest BCUT2D eigenvalue weighted by Crippen LogP contribution is -2.20. The highest BCUT2D eigenvalue weighted by atomic mass is 16.2. The Morgan fingerprint density at radius 3 is 2.63 bits per heavy atom. The lowest BCUT2D eigenvalue weighted by atomic mass is 10.2. The van der Waals surface area contributed by atoms with Crippen LogP contribution in [0, 0.1) is 12.3 Å². The number of nitrogens with one attached hydrogen (secondary N) is 2. The van der Waals surface area contributed by atoms with Gasteiger partial charge in [0.05, 0.1) is 11.4 Å². The molecular weight excluding hydrogens is 238 g/mol. The Labute approximate surface area is 111 Å². The van der Waals surface area contributed by atoms with Crippen molar-refractivity contribution in [2.75, 3.05) is 16.4 Å². The molecule has 0 radical (unpaired) electrons. The van der Waals surface area contributed by atoms with E-state index >= 15 is 0 Å². The van der Waals surface area contributed by atoms with Gasteiger partial charge >= 0.3 is 6.03 Å². The van der Waals surface area contributed by atoms with Crippen LogP contribution in [-0.2, 0) is 0 Å². The van der Waals surface area contributed by atoms with Crippen LogP contribution in [0.3, 0.4) is 0 Å². The molecule has 0 spiro atoms. The van der Waals surface area contributed by atoms with Gasteiger partial charge < -0.3 is 16.4 Å². The molecule has 0 aliphatic carbocycles. The van der Waals surface area contributed by atoms with Crippen LogP contribution in [0.2, 0.25) is 0 Å². The molecule has 2 rings (SSSR count). The topological polar surface area (TPSA) is 67.2 Å². The van der Waals surface area contributed by atoms with Gasteiger partial charge in [0.25, 0.3) is 0 Å². The number of para-hydroxylation sites is 2. The van der Waals surface area contributed by atoms with Crippen molar-refractivity contribution in [3.63, 3.8) is 0 Å². The maximum absolute atomic E-state index is 11.8. The third-order valence-corrected chi connectivity index (χ3v) is 2.50. The van der Waals surface area contributed by atoms with Crippen LogP contribution in [-0.4, -0.2) is 6.03 Å². The van der Waals surface area contributed by atoms with Gasteiger partial charge in [-0.05, 0) is 30.3 Å². The number of nitrogens with two attached hydrogens (primary N) is 1. The van der Waals surface area contributed by atoms with Crippen molar-refractivity contribution in [3.05, 3.63) is 54.1 Å². The van der Waals surface area contributed by atoms with E-state index in [1.165, 1.54) is 0 Å². The molecule has 94 valence electrons. The second kappa shape index (κ2) is 5.61. The normalized spacial score (nSPS) is 9.42. The Bertz CT molecular complexity index is 644. The molecule has 2 amide bonds. The fourth-order valence-electron chi connectivity index (χ4n) is 1.58. The summed E-state index contributed by atoms with van der Waals surface area (Å²) in [5, 5.41) is 5.36. The second-order valence-corrected chi connectivity index (χ2v) is 3.89. The summed E-state index contributed by atoms with van der Waals surface area (Å²) >= 11 is 0. The van der Waals surface area contributed by atoms with E-state index in [0.717, 1.165) is 0 Å². The van der Waals surface area contributed by atoms with Crippen LogP contribution in [0.25, 0.3) is 0 Å². The smallest absolute Gasteiger partial charge is 0.323 e. The summed E-state index contributed by atoms with van der Waals surface area (Å²) in [6, 6.07) is 13.7. The van der Waals surface area contributed by atoms with Crippen LogP contribution >= 0.6 is 0 Å². The number of hydrogen-bond donors (Lipinski definition) is 3. The van der Waals surface area contributed by atoms with E-state index in [2.05, 4.69) is 16.6 Å². The highest BCUT2D eigenvalue weighted by Crippen LogP contribution is 2.17. The Balaban J connectivity index is 2.06. The molecule has 2 aromatic rings. The average Bonchev–Trinajstić information content (AvgIpc) is 2.41. The number of carbonyl (C=O) groups is 1. The van der Waals surface area contributed by atoms with E-state index in [1.54, 1.807) is 48.5 Å². The molecule has 0 unspecified atom stereocenters. The van der Waals surface area contributed by atoms with E-state index < -0.39 is 0 Å². The molecular formula is C15H13N3O. The molecule has 19 heavy (non-hydrogen) atoms. The number of nitrogen functional groups attached to an aromatic ring is 1. The lowest BCUT2D eigenvalue weighted by Gasteiger charge is -2.09. The quantitative estimate of drug-likeness (QED) is 0.567. The third kappa shape index (κ3) is 3.27. The van der Waals surface area contributed by atoms with Crippen molar-refractivity contribution >= 4 is 23.1 Å². The number of hydrogen-bond acceptors (Lipinski definition) is 2. The van der Waals surface area contributed by atoms with Crippen molar-refractivity contribution < 1.29 is 4.79 Å². The first-order valence-electron chi connectivity index (χ1n) is 5.68. The number of anilines is 3. The maximum atomic E-state index is 11.8. The SMILES string of the molecule is C#Cc1cccc(NC(=O)Nc2ccccc2N)c1. The van der Waals surface area contributed by atoms with Crippen LogP contribution in [0.15, 0.2) is 48.5 Å². The van der Waals surface area contributed by atoms with Crippen molar-refractivity contribution in [2.24, 2.45) is 0 Å². The number of rotatable bonds is 2. The molecule has 0 saturated carbocycles. The zero-order valence-corrected chi connectivity index (χ0v) is 10.2. The highest BCUT2D eigenvalue weighted by Gasteiger charge is 2.04. The van der Waals surface area contributed by atoms with E-state index in [1.807, 2.05) is 0 Å². The number of benzene rings is 2. The van der Waals surface area contributed by atoms with Crippen LogP contribution in [0.5, 0.6) is 0 Å². The standard InChI is InChI=1S/C15H13N3O/c1-2-11-6-5-7-12(10-11)17-15(19)18-14-9-4-3-8-13(14)16/h1,3-10H,16H2,(H2,17,18,19). The molecule has 0 atom stereocenters. The van der Waals surface area contributed by atoms with Gasteiger partial charge in [-0.3, -0.25) is 0 Å². The second-order valence-electron chi connectivity index (χ2n) is 3.89. The van der Waals surface area contributed by atoms with Gasteiger partial charge in [0, 0.05) is 11.3 Å². The molecule has 0 fully saturated rings. The van der Waals surface area contributed by atoms with Gasteiger partial charge in [-0.1, -0.05) is 24.1 Å². The summed E-state index contributed by atoms with van der Waals surface area (Å²) in [5.74, 6) is 2.51. The maximum Gasteiger partial charge on any atom is 0.323 e. The largest absolute Gasteiger partial charge is 0.397 e. The summed E-state index contributed by atoms with van der Waals surface area (Å²) < 4.78 is 0. The van der Waals surface area contributed by atoms with Gasteiger partial charge in [-0.15, -0.1) is 6.42 Å². The van der Waals surface area contributed by atoms with E-state index in [9.17, 15) is 4.79 Å². The minimum atomic E-state index is -0.368. The van der Waals surface area contributed by atoms with Gasteiger partial charge in [0.1, 0.15) is 0 Å². The van der Waals surface area contributed by atoms with Crippen LogP contribution in [0.1, 0.15) is 5.56 Å². The molecule has 0 bridgehead atoms. The fraction of sp³-hybridized carbons (Fsp3) is 0. The van der Waals surface area contributed by atoms with E-state index in [0.29, 0.717) is 22.6 Å². The summed E-state index contributed by atoms with van der Waals surface area (Å²) in [6.07, 6.45) is 5.30. The van der Waals surface area contributed by atoms with Crippen molar-refractivity contribution in [1.82, 2.24) is 0 Å². The minimum Gasteiger partial charge on any atom is -0.397 e. The summed E-state index contributed by atoms with van der Waals surface area (Å²) in [4.78, 5) is 11.8. The van der Waals surface area contributed by atoms with Crippen LogP contribution < -0.4 is 16.4 Å². The van der Waals surface area contributed by atoms with E-state index in [4.69, 9.17) is 12.2 Å². The van der Waals surface area contributed by atoms with Crippen molar-refractivity contribution in [1.29, 1.82) is 0 Å². The molecule has 0 aliphatic rings. The Morgan fingerprint density at radius 1 is 1.11 bits per heavy atom. The first-order valence-corrected chi connectivity index (χ1v) is 5.68. The van der Waals surface area contributed by atoms with Gasteiger partial charge in [0.15, 0.2) is 0 Å².